The number of hydrogen-bond acceptors (Lipinski definition) is 5. The van der Waals surface area contributed by atoms with Crippen molar-refractivity contribution in [3.8, 4) is 17.0 Å². The van der Waals surface area contributed by atoms with Gasteiger partial charge in [0.2, 0.25) is 5.88 Å². The Morgan fingerprint density at radius 1 is 1.16 bits per heavy atom. The van der Waals surface area contributed by atoms with Crippen LogP contribution in [0.15, 0.2) is 18.3 Å². The highest BCUT2D eigenvalue weighted by Crippen LogP contribution is 2.31. The summed E-state index contributed by atoms with van der Waals surface area (Å²) in [6.07, 6.45) is 1.34. The first-order valence-electron chi connectivity index (χ1n) is 5.61. The van der Waals surface area contributed by atoms with Gasteiger partial charge in [-0.3, -0.25) is 4.98 Å². The van der Waals surface area contributed by atoms with Gasteiger partial charge in [0.1, 0.15) is 0 Å². The van der Waals surface area contributed by atoms with Crippen molar-refractivity contribution in [3.63, 3.8) is 0 Å². The molecule has 0 radical (unpaired) electrons. The first-order chi connectivity index (χ1) is 9.02. The first kappa shape index (κ1) is 12.9. The third-order valence-electron chi connectivity index (χ3n) is 2.64. The second-order valence-corrected chi connectivity index (χ2v) is 4.09. The maximum atomic E-state index is 11.3. The third-order valence-corrected chi connectivity index (χ3v) is 2.64. The molecule has 0 spiro atoms. The van der Waals surface area contributed by atoms with E-state index < -0.39 is 5.97 Å². The number of rotatable bonds is 3. The summed E-state index contributed by atoms with van der Waals surface area (Å²) in [5.74, 6) is -0.752. The Morgan fingerprint density at radius 2 is 1.84 bits per heavy atom. The fourth-order valence-corrected chi connectivity index (χ4v) is 1.77. The molecule has 2 rings (SSSR count). The highest BCUT2D eigenvalue weighted by molar-refractivity contribution is 5.96. The van der Waals surface area contributed by atoms with Crippen LogP contribution in [-0.2, 0) is 0 Å². The lowest BCUT2D eigenvalue weighted by molar-refractivity contribution is 0.0697. The van der Waals surface area contributed by atoms with E-state index in [0.717, 1.165) is 5.69 Å². The van der Waals surface area contributed by atoms with Crippen molar-refractivity contribution in [3.05, 3.63) is 35.3 Å². The lowest BCUT2D eigenvalue weighted by atomic mass is 10.0. The number of carboxylic acid groups (broad SMARTS) is 1. The number of methoxy groups -OCH3 is 1. The number of aryl methyl sites for hydroxylation is 2. The van der Waals surface area contributed by atoms with Crippen molar-refractivity contribution in [1.82, 2.24) is 15.2 Å². The molecule has 19 heavy (non-hydrogen) atoms. The topological polar surface area (TPSA) is 85.2 Å². The molecule has 0 fully saturated rings. The molecule has 0 aliphatic heterocycles. The molecule has 98 valence electrons. The Morgan fingerprint density at radius 3 is 2.47 bits per heavy atom. The van der Waals surface area contributed by atoms with Gasteiger partial charge in [0, 0.05) is 23.0 Å². The van der Waals surface area contributed by atoms with Gasteiger partial charge in [0.25, 0.3) is 0 Å². The zero-order chi connectivity index (χ0) is 14.0. The van der Waals surface area contributed by atoms with E-state index in [1.807, 2.05) is 0 Å². The zero-order valence-corrected chi connectivity index (χ0v) is 10.8. The molecule has 2 aromatic heterocycles. The van der Waals surface area contributed by atoms with E-state index in [0.29, 0.717) is 22.7 Å². The minimum Gasteiger partial charge on any atom is -0.479 e. The smallest absolute Gasteiger partial charge is 0.337 e. The average molecular weight is 259 g/mol. The summed E-state index contributed by atoms with van der Waals surface area (Å²) in [5, 5.41) is 17.0. The van der Waals surface area contributed by atoms with Crippen LogP contribution in [0.1, 0.15) is 21.7 Å². The quantitative estimate of drug-likeness (QED) is 0.905. The zero-order valence-electron chi connectivity index (χ0n) is 10.8. The van der Waals surface area contributed by atoms with E-state index in [1.54, 1.807) is 26.0 Å². The van der Waals surface area contributed by atoms with Crippen molar-refractivity contribution >= 4 is 5.97 Å². The van der Waals surface area contributed by atoms with Gasteiger partial charge in [0.15, 0.2) is 0 Å². The minimum absolute atomic E-state index is 0.108. The molecule has 2 heterocycles. The summed E-state index contributed by atoms with van der Waals surface area (Å²) in [6, 6.07) is 3.44. The van der Waals surface area contributed by atoms with Crippen molar-refractivity contribution in [2.75, 3.05) is 7.11 Å². The summed E-state index contributed by atoms with van der Waals surface area (Å²) < 4.78 is 5.14. The van der Waals surface area contributed by atoms with Crippen molar-refractivity contribution in [2.45, 2.75) is 13.8 Å². The molecular formula is C13H13N3O3. The highest BCUT2D eigenvalue weighted by atomic mass is 16.5. The van der Waals surface area contributed by atoms with Gasteiger partial charge in [-0.1, -0.05) is 0 Å². The third kappa shape index (κ3) is 2.52. The monoisotopic (exact) mass is 259 g/mol. The van der Waals surface area contributed by atoms with E-state index in [2.05, 4.69) is 15.2 Å². The molecule has 6 nitrogen and oxygen atoms in total. The van der Waals surface area contributed by atoms with Crippen LogP contribution >= 0.6 is 0 Å². The second-order valence-electron chi connectivity index (χ2n) is 4.09. The van der Waals surface area contributed by atoms with Gasteiger partial charge in [-0.25, -0.2) is 4.79 Å². The predicted molar refractivity (Wildman–Crippen MR) is 68.2 cm³/mol. The van der Waals surface area contributed by atoms with Crippen LogP contribution in [0, 0.1) is 13.8 Å². The fraction of sp³-hybridized carbons (Fsp3) is 0.231. The molecule has 0 amide bonds. The molecule has 6 heteroatoms. The van der Waals surface area contributed by atoms with Crippen molar-refractivity contribution in [2.24, 2.45) is 0 Å². The predicted octanol–water partition coefficient (Wildman–Crippen LogP) is 1.86. The number of pyridine rings is 1. The molecule has 2 aromatic rings. The highest BCUT2D eigenvalue weighted by Gasteiger charge is 2.17. The summed E-state index contributed by atoms with van der Waals surface area (Å²) >= 11 is 0. The summed E-state index contributed by atoms with van der Waals surface area (Å²) in [5.41, 5.74) is 2.63. The summed E-state index contributed by atoms with van der Waals surface area (Å²) in [4.78, 5) is 15.3. The van der Waals surface area contributed by atoms with E-state index in [-0.39, 0.29) is 5.56 Å². The average Bonchev–Trinajstić information content (AvgIpc) is 2.38. The lowest BCUT2D eigenvalue weighted by Crippen LogP contribution is -2.04. The normalized spacial score (nSPS) is 10.3. The summed E-state index contributed by atoms with van der Waals surface area (Å²) in [7, 11) is 1.47. The fourth-order valence-electron chi connectivity index (χ4n) is 1.77. The number of aromatic carboxylic acids is 1. The molecule has 0 atom stereocenters. The molecule has 0 saturated heterocycles. The van der Waals surface area contributed by atoms with Gasteiger partial charge in [-0.15, -0.1) is 5.10 Å². The van der Waals surface area contributed by atoms with Crippen LogP contribution in [0.4, 0.5) is 0 Å². The molecule has 0 aliphatic carbocycles. The Hall–Kier alpha value is -2.50. The number of ether oxygens (including phenoxy) is 1. The lowest BCUT2D eigenvalue weighted by Gasteiger charge is -2.10. The van der Waals surface area contributed by atoms with Crippen LogP contribution in [0.3, 0.4) is 0 Å². The largest absolute Gasteiger partial charge is 0.479 e. The van der Waals surface area contributed by atoms with Crippen LogP contribution in [0.25, 0.3) is 11.1 Å². The number of carboxylic acids is 1. The van der Waals surface area contributed by atoms with E-state index >= 15 is 0 Å². The van der Waals surface area contributed by atoms with Gasteiger partial charge in [-0.2, -0.15) is 5.10 Å². The number of aromatic nitrogens is 3. The van der Waals surface area contributed by atoms with Gasteiger partial charge in [-0.05, 0) is 26.0 Å². The molecule has 0 aliphatic rings. The first-order valence-corrected chi connectivity index (χ1v) is 5.61. The Labute approximate surface area is 110 Å². The van der Waals surface area contributed by atoms with Crippen LogP contribution in [0.2, 0.25) is 0 Å². The number of hydrogen-bond donors (Lipinski definition) is 1. The van der Waals surface area contributed by atoms with Crippen LogP contribution < -0.4 is 4.74 Å². The maximum Gasteiger partial charge on any atom is 0.337 e. The van der Waals surface area contributed by atoms with Crippen molar-refractivity contribution < 1.29 is 14.6 Å². The maximum absolute atomic E-state index is 11.3. The van der Waals surface area contributed by atoms with Gasteiger partial charge in [0.05, 0.1) is 18.4 Å². The molecule has 0 aromatic carbocycles. The van der Waals surface area contributed by atoms with E-state index in [4.69, 9.17) is 4.74 Å². The second kappa shape index (κ2) is 5.01. The van der Waals surface area contributed by atoms with E-state index in [9.17, 15) is 9.90 Å². The van der Waals surface area contributed by atoms with Crippen molar-refractivity contribution in [1.29, 1.82) is 0 Å². The number of carbonyl (C=O) groups is 1. The van der Waals surface area contributed by atoms with Crippen LogP contribution in [0.5, 0.6) is 5.88 Å². The minimum atomic E-state index is -1.04. The Balaban J connectivity index is 2.73. The Kier molecular flexibility index (Phi) is 3.41. The van der Waals surface area contributed by atoms with E-state index in [1.165, 1.54) is 13.3 Å². The SMILES string of the molecule is COc1nnc(C)cc1-c1cc(C)ncc1C(=O)O. The Bertz CT molecular complexity index is 641. The molecule has 0 saturated carbocycles. The van der Waals surface area contributed by atoms with Crippen LogP contribution in [-0.4, -0.2) is 33.4 Å². The standard InChI is InChI=1S/C13H13N3O3/c1-7-4-9(11(6-14-7)13(17)18)10-5-8(2)15-16-12(10)19-3/h4-6H,1-3H3,(H,17,18). The molecule has 0 unspecified atom stereocenters. The van der Waals surface area contributed by atoms with Gasteiger partial charge >= 0.3 is 5.97 Å². The number of nitrogens with zero attached hydrogens (tertiary/aromatic N) is 3. The van der Waals surface area contributed by atoms with Gasteiger partial charge < -0.3 is 9.84 Å². The molecular weight excluding hydrogens is 246 g/mol. The molecule has 0 bridgehead atoms. The summed E-state index contributed by atoms with van der Waals surface area (Å²) in [6.45, 7) is 3.58. The molecule has 1 N–H and O–H groups in total.